The lowest BCUT2D eigenvalue weighted by Crippen LogP contribution is -2.29. The molecule has 9 heteroatoms. The maximum absolute atomic E-state index is 13.1. The Morgan fingerprint density at radius 2 is 1.97 bits per heavy atom. The third kappa shape index (κ3) is 5.74. The zero-order chi connectivity index (χ0) is 20.8. The third-order valence-electron chi connectivity index (χ3n) is 4.26. The van der Waals surface area contributed by atoms with Crippen LogP contribution in [0.5, 0.6) is 0 Å². The van der Waals surface area contributed by atoms with Crippen LogP contribution < -0.4 is 10.6 Å². The van der Waals surface area contributed by atoms with Crippen molar-refractivity contribution >= 4 is 23.3 Å². The Hall–Kier alpha value is -3.00. The molecule has 2 N–H and O–H groups in total. The van der Waals surface area contributed by atoms with Crippen LogP contribution in [0.2, 0.25) is 5.02 Å². The van der Waals surface area contributed by atoms with Gasteiger partial charge >= 0.3 is 0 Å². The topological polar surface area (TPSA) is 84.7 Å². The first kappa shape index (κ1) is 20.7. The largest absolute Gasteiger partial charge is 0.367 e. The molecule has 2 heterocycles. The van der Waals surface area contributed by atoms with Crippen LogP contribution in [0.15, 0.2) is 36.4 Å². The number of carbonyl (C=O) groups is 1. The molecule has 0 spiro atoms. The molecule has 0 fully saturated rings. The average Bonchev–Trinajstić information content (AvgIpc) is 3.04. The van der Waals surface area contributed by atoms with Gasteiger partial charge in [-0.1, -0.05) is 17.7 Å². The number of nitrogens with one attached hydrogen (secondary N) is 2. The summed E-state index contributed by atoms with van der Waals surface area (Å²) < 4.78 is 14.9. The van der Waals surface area contributed by atoms with Crippen molar-refractivity contribution in [3.05, 3.63) is 64.2 Å². The highest BCUT2D eigenvalue weighted by Crippen LogP contribution is 2.17. The number of carbonyl (C=O) groups excluding carboxylic acids is 1. The second-order valence-corrected chi connectivity index (χ2v) is 7.05. The van der Waals surface area contributed by atoms with Gasteiger partial charge in [0.2, 0.25) is 5.91 Å². The molecule has 7 nitrogen and oxygen atoms in total. The lowest BCUT2D eigenvalue weighted by Gasteiger charge is -2.08. The first-order chi connectivity index (χ1) is 13.9. The molecular formula is C20H22ClFN6O. The number of hydrogen-bond donors (Lipinski definition) is 2. The molecule has 3 rings (SSSR count). The van der Waals surface area contributed by atoms with Crippen molar-refractivity contribution in [2.24, 2.45) is 0 Å². The van der Waals surface area contributed by atoms with Gasteiger partial charge in [0.15, 0.2) is 5.82 Å². The molecule has 0 aliphatic heterocycles. The van der Waals surface area contributed by atoms with Gasteiger partial charge in [-0.2, -0.15) is 5.10 Å². The number of rotatable bonds is 8. The average molecular weight is 417 g/mol. The molecule has 2 aromatic heterocycles. The Morgan fingerprint density at radius 3 is 2.62 bits per heavy atom. The Labute approximate surface area is 173 Å². The minimum atomic E-state index is -0.461. The fourth-order valence-electron chi connectivity index (χ4n) is 2.83. The Bertz CT molecular complexity index is 989. The lowest BCUT2D eigenvalue weighted by atomic mass is 10.1. The van der Waals surface area contributed by atoms with Crippen molar-refractivity contribution in [3.63, 3.8) is 0 Å². The molecule has 29 heavy (non-hydrogen) atoms. The molecule has 0 saturated carbocycles. The van der Waals surface area contributed by atoms with Crippen molar-refractivity contribution in [3.8, 4) is 5.82 Å². The smallest absolute Gasteiger partial charge is 0.220 e. The summed E-state index contributed by atoms with van der Waals surface area (Å²) in [5, 5.41) is 18.7. The third-order valence-corrected chi connectivity index (χ3v) is 4.54. The van der Waals surface area contributed by atoms with E-state index in [0.29, 0.717) is 37.6 Å². The number of hydrogen-bond acceptors (Lipinski definition) is 5. The zero-order valence-corrected chi connectivity index (χ0v) is 17.0. The predicted molar refractivity (Wildman–Crippen MR) is 110 cm³/mol. The minimum absolute atomic E-state index is 0.0667. The number of benzene rings is 1. The van der Waals surface area contributed by atoms with Gasteiger partial charge in [0.1, 0.15) is 11.6 Å². The van der Waals surface area contributed by atoms with Crippen molar-refractivity contribution < 1.29 is 9.18 Å². The van der Waals surface area contributed by atoms with E-state index in [0.717, 1.165) is 17.0 Å². The first-order valence-corrected chi connectivity index (χ1v) is 9.62. The molecule has 0 bridgehead atoms. The highest BCUT2D eigenvalue weighted by molar-refractivity contribution is 6.30. The fraction of sp³-hybridized carbons (Fsp3) is 0.300. The second-order valence-electron chi connectivity index (χ2n) is 6.64. The van der Waals surface area contributed by atoms with E-state index in [1.54, 1.807) is 16.8 Å². The number of nitrogens with zero attached hydrogens (tertiary/aromatic N) is 4. The normalized spacial score (nSPS) is 10.8. The quantitative estimate of drug-likeness (QED) is 0.551. The van der Waals surface area contributed by atoms with Gasteiger partial charge in [0.05, 0.1) is 10.7 Å². The van der Waals surface area contributed by atoms with Gasteiger partial charge in [0, 0.05) is 25.2 Å². The number of anilines is 1. The van der Waals surface area contributed by atoms with E-state index in [9.17, 15) is 9.18 Å². The van der Waals surface area contributed by atoms with E-state index in [2.05, 4.69) is 25.9 Å². The van der Waals surface area contributed by atoms with Crippen molar-refractivity contribution in [2.75, 3.05) is 18.4 Å². The van der Waals surface area contributed by atoms with Crippen LogP contribution in [0.25, 0.3) is 5.82 Å². The van der Waals surface area contributed by atoms with Crippen LogP contribution in [0.4, 0.5) is 10.2 Å². The molecule has 0 radical (unpaired) electrons. The van der Waals surface area contributed by atoms with Crippen molar-refractivity contribution in [2.45, 2.75) is 26.7 Å². The van der Waals surface area contributed by atoms with Gasteiger partial charge in [-0.3, -0.25) is 4.79 Å². The summed E-state index contributed by atoms with van der Waals surface area (Å²) in [6.45, 7) is 4.85. The van der Waals surface area contributed by atoms with Crippen LogP contribution in [-0.4, -0.2) is 39.0 Å². The maximum atomic E-state index is 13.1. The van der Waals surface area contributed by atoms with Gasteiger partial charge < -0.3 is 10.6 Å². The number of aryl methyl sites for hydroxylation is 3. The summed E-state index contributed by atoms with van der Waals surface area (Å²) in [6, 6.07) is 10.1. The van der Waals surface area contributed by atoms with Crippen LogP contribution in [0.1, 0.15) is 23.4 Å². The van der Waals surface area contributed by atoms with E-state index in [-0.39, 0.29) is 10.9 Å². The summed E-state index contributed by atoms with van der Waals surface area (Å²) in [6.07, 6.45) is 0.803. The summed E-state index contributed by atoms with van der Waals surface area (Å²) in [5.41, 5.74) is 2.73. The molecule has 152 valence electrons. The predicted octanol–water partition coefficient (Wildman–Crippen LogP) is 3.23. The summed E-state index contributed by atoms with van der Waals surface area (Å²) in [5.74, 6) is 0.719. The second kappa shape index (κ2) is 9.47. The zero-order valence-electron chi connectivity index (χ0n) is 16.2. The van der Waals surface area contributed by atoms with Crippen LogP contribution in [0.3, 0.4) is 0 Å². The highest BCUT2D eigenvalue weighted by atomic mass is 35.5. The Morgan fingerprint density at radius 1 is 1.14 bits per heavy atom. The van der Waals surface area contributed by atoms with E-state index >= 15 is 0 Å². The number of halogens is 2. The Balaban J connectivity index is 1.39. The molecule has 0 aliphatic rings. The maximum Gasteiger partial charge on any atom is 0.220 e. The van der Waals surface area contributed by atoms with Gasteiger partial charge in [-0.05, 0) is 56.2 Å². The SMILES string of the molecule is Cc1cc(C)n(-c2ccc(NCCNC(=O)CCc3ccc(F)c(Cl)c3)nn2)n1. The van der Waals surface area contributed by atoms with Crippen LogP contribution >= 0.6 is 11.6 Å². The molecule has 1 aromatic carbocycles. The Kier molecular flexibility index (Phi) is 6.77. The van der Waals surface area contributed by atoms with Crippen LogP contribution in [0, 0.1) is 19.7 Å². The highest BCUT2D eigenvalue weighted by Gasteiger charge is 2.07. The lowest BCUT2D eigenvalue weighted by molar-refractivity contribution is -0.120. The molecular weight excluding hydrogens is 395 g/mol. The molecule has 0 aliphatic carbocycles. The number of aromatic nitrogens is 4. The van der Waals surface area contributed by atoms with Crippen molar-refractivity contribution in [1.82, 2.24) is 25.3 Å². The standard InChI is InChI=1S/C20H22ClFN6O/c1-13-11-14(2)28(27-13)19-7-6-18(25-26-19)23-9-10-24-20(29)8-4-15-3-5-17(22)16(21)12-15/h3,5-7,11-12H,4,8-10H2,1-2H3,(H,23,25)(H,24,29). The summed E-state index contributed by atoms with van der Waals surface area (Å²) >= 11 is 5.74. The van der Waals surface area contributed by atoms with Gasteiger partial charge in [0.25, 0.3) is 0 Å². The van der Waals surface area contributed by atoms with E-state index in [1.165, 1.54) is 6.07 Å². The summed E-state index contributed by atoms with van der Waals surface area (Å²) in [4.78, 5) is 11.9. The summed E-state index contributed by atoms with van der Waals surface area (Å²) in [7, 11) is 0. The number of amides is 1. The molecule has 3 aromatic rings. The molecule has 0 unspecified atom stereocenters. The van der Waals surface area contributed by atoms with E-state index < -0.39 is 5.82 Å². The van der Waals surface area contributed by atoms with E-state index in [4.69, 9.17) is 11.6 Å². The monoisotopic (exact) mass is 416 g/mol. The van der Waals surface area contributed by atoms with Gasteiger partial charge in [-0.15, -0.1) is 10.2 Å². The molecule has 0 atom stereocenters. The molecule has 0 saturated heterocycles. The van der Waals surface area contributed by atoms with Crippen molar-refractivity contribution in [1.29, 1.82) is 0 Å². The van der Waals surface area contributed by atoms with E-state index in [1.807, 2.05) is 32.0 Å². The van der Waals surface area contributed by atoms with Gasteiger partial charge in [-0.25, -0.2) is 9.07 Å². The van der Waals surface area contributed by atoms with Crippen LogP contribution in [-0.2, 0) is 11.2 Å². The molecule has 1 amide bonds. The fourth-order valence-corrected chi connectivity index (χ4v) is 3.03. The minimum Gasteiger partial charge on any atom is -0.367 e. The first-order valence-electron chi connectivity index (χ1n) is 9.24.